The minimum absolute atomic E-state index is 0.560. The molecular formula is C28H28BrN5O. The molecule has 2 aromatic carbocycles. The fraction of sp³-hybridized carbons (Fsp3) is 0.286. The Labute approximate surface area is 214 Å². The van der Waals surface area contributed by atoms with Gasteiger partial charge in [-0.1, -0.05) is 28.1 Å². The van der Waals surface area contributed by atoms with E-state index in [1.165, 1.54) is 27.8 Å². The summed E-state index contributed by atoms with van der Waals surface area (Å²) < 4.78 is 7.38. The predicted octanol–water partition coefficient (Wildman–Crippen LogP) is 5.07. The SMILES string of the molecule is Brc1ccc(N2CCN(Cc3cc4c(c5ncccc35)OCN(Cc3cccnc3)C4)CC2)cc1. The molecule has 0 N–H and O–H groups in total. The zero-order valence-corrected chi connectivity index (χ0v) is 21.2. The van der Waals surface area contributed by atoms with Gasteiger partial charge in [0.25, 0.3) is 0 Å². The molecule has 2 aliphatic heterocycles. The Balaban J connectivity index is 1.20. The van der Waals surface area contributed by atoms with Gasteiger partial charge in [0, 0.05) is 85.5 Å². The average molecular weight is 530 g/mol. The normalized spacial score (nSPS) is 16.8. The Morgan fingerprint density at radius 2 is 1.71 bits per heavy atom. The van der Waals surface area contributed by atoms with Crippen LogP contribution in [0.5, 0.6) is 5.75 Å². The summed E-state index contributed by atoms with van der Waals surface area (Å²) in [5, 5.41) is 1.20. The molecule has 35 heavy (non-hydrogen) atoms. The van der Waals surface area contributed by atoms with Crippen LogP contribution in [0.2, 0.25) is 0 Å². The predicted molar refractivity (Wildman–Crippen MR) is 142 cm³/mol. The topological polar surface area (TPSA) is 44.7 Å². The summed E-state index contributed by atoms with van der Waals surface area (Å²) in [6, 6.07) is 19.3. The summed E-state index contributed by atoms with van der Waals surface area (Å²) in [5.74, 6) is 0.937. The number of halogens is 1. The maximum absolute atomic E-state index is 6.26. The van der Waals surface area contributed by atoms with E-state index >= 15 is 0 Å². The number of ether oxygens (including phenoxy) is 1. The minimum atomic E-state index is 0.560. The van der Waals surface area contributed by atoms with E-state index in [0.717, 1.165) is 61.6 Å². The van der Waals surface area contributed by atoms with E-state index in [0.29, 0.717) is 6.73 Å². The number of hydrogen-bond acceptors (Lipinski definition) is 6. The first-order chi connectivity index (χ1) is 17.2. The molecule has 1 fully saturated rings. The molecule has 2 aliphatic rings. The highest BCUT2D eigenvalue weighted by atomic mass is 79.9. The van der Waals surface area contributed by atoms with Gasteiger partial charge < -0.3 is 9.64 Å². The molecule has 0 amide bonds. The van der Waals surface area contributed by atoms with Crippen LogP contribution in [0, 0.1) is 0 Å². The van der Waals surface area contributed by atoms with Crippen molar-refractivity contribution in [2.75, 3.05) is 37.8 Å². The molecule has 0 bridgehead atoms. The van der Waals surface area contributed by atoms with Crippen LogP contribution < -0.4 is 9.64 Å². The largest absolute Gasteiger partial charge is 0.475 e. The molecule has 0 saturated carbocycles. The van der Waals surface area contributed by atoms with E-state index in [9.17, 15) is 0 Å². The van der Waals surface area contributed by atoms with Crippen LogP contribution in [0.3, 0.4) is 0 Å². The number of fused-ring (bicyclic) bond motifs is 3. The number of rotatable bonds is 5. The van der Waals surface area contributed by atoms with Crippen molar-refractivity contribution in [3.8, 4) is 5.75 Å². The third-order valence-electron chi connectivity index (χ3n) is 6.88. The van der Waals surface area contributed by atoms with Crippen molar-refractivity contribution in [3.63, 3.8) is 0 Å². The Morgan fingerprint density at radius 3 is 2.51 bits per heavy atom. The van der Waals surface area contributed by atoms with Gasteiger partial charge >= 0.3 is 0 Å². The van der Waals surface area contributed by atoms with Gasteiger partial charge in [-0.25, -0.2) is 0 Å². The van der Waals surface area contributed by atoms with Gasteiger partial charge in [-0.3, -0.25) is 19.8 Å². The fourth-order valence-electron chi connectivity index (χ4n) is 5.11. The first kappa shape index (κ1) is 22.5. The number of benzene rings is 2. The second-order valence-electron chi connectivity index (χ2n) is 9.28. The van der Waals surface area contributed by atoms with Crippen molar-refractivity contribution < 1.29 is 4.74 Å². The molecule has 6 rings (SSSR count). The summed E-state index contributed by atoms with van der Waals surface area (Å²) in [6.45, 7) is 7.30. The fourth-order valence-corrected chi connectivity index (χ4v) is 5.38. The lowest BCUT2D eigenvalue weighted by Crippen LogP contribution is -2.46. The van der Waals surface area contributed by atoms with Crippen LogP contribution in [0.15, 0.2) is 77.7 Å². The molecule has 0 spiro atoms. The molecule has 4 heterocycles. The number of pyridine rings is 2. The maximum Gasteiger partial charge on any atom is 0.152 e. The second-order valence-corrected chi connectivity index (χ2v) is 10.2. The molecule has 2 aromatic heterocycles. The van der Waals surface area contributed by atoms with Gasteiger partial charge in [-0.05, 0) is 53.6 Å². The molecule has 0 atom stereocenters. The molecule has 0 aliphatic carbocycles. The van der Waals surface area contributed by atoms with Gasteiger partial charge in [0.2, 0.25) is 0 Å². The van der Waals surface area contributed by atoms with Crippen LogP contribution in [-0.2, 0) is 19.6 Å². The van der Waals surface area contributed by atoms with Crippen LogP contribution in [0.4, 0.5) is 5.69 Å². The molecule has 7 heteroatoms. The zero-order valence-electron chi connectivity index (χ0n) is 19.6. The van der Waals surface area contributed by atoms with E-state index in [-0.39, 0.29) is 0 Å². The summed E-state index contributed by atoms with van der Waals surface area (Å²) in [4.78, 5) is 16.3. The average Bonchev–Trinajstić information content (AvgIpc) is 2.90. The molecule has 6 nitrogen and oxygen atoms in total. The third-order valence-corrected chi connectivity index (χ3v) is 7.41. The lowest BCUT2D eigenvalue weighted by molar-refractivity contribution is 0.0899. The summed E-state index contributed by atoms with van der Waals surface area (Å²) in [5.41, 5.74) is 6.02. The quantitative estimate of drug-likeness (QED) is 0.359. The van der Waals surface area contributed by atoms with Crippen molar-refractivity contribution in [1.82, 2.24) is 19.8 Å². The highest BCUT2D eigenvalue weighted by Crippen LogP contribution is 2.35. The van der Waals surface area contributed by atoms with Crippen LogP contribution in [0.1, 0.15) is 16.7 Å². The van der Waals surface area contributed by atoms with E-state index in [1.54, 1.807) is 0 Å². The van der Waals surface area contributed by atoms with Crippen LogP contribution in [0.25, 0.3) is 10.9 Å². The van der Waals surface area contributed by atoms with Gasteiger partial charge in [0.15, 0.2) is 5.75 Å². The van der Waals surface area contributed by atoms with E-state index in [4.69, 9.17) is 9.72 Å². The summed E-state index contributed by atoms with van der Waals surface area (Å²) >= 11 is 3.54. The van der Waals surface area contributed by atoms with Gasteiger partial charge in [0.05, 0.1) is 0 Å². The van der Waals surface area contributed by atoms with Gasteiger partial charge in [-0.15, -0.1) is 0 Å². The van der Waals surface area contributed by atoms with Crippen molar-refractivity contribution >= 4 is 32.5 Å². The molecule has 1 saturated heterocycles. The third kappa shape index (κ3) is 4.89. The number of nitrogens with zero attached hydrogens (tertiary/aromatic N) is 5. The first-order valence-electron chi connectivity index (χ1n) is 12.1. The van der Waals surface area contributed by atoms with E-state index in [2.05, 4.69) is 78.1 Å². The Morgan fingerprint density at radius 1 is 0.886 bits per heavy atom. The molecule has 178 valence electrons. The highest BCUT2D eigenvalue weighted by molar-refractivity contribution is 9.10. The smallest absolute Gasteiger partial charge is 0.152 e. The summed E-state index contributed by atoms with van der Waals surface area (Å²) in [6.07, 6.45) is 5.61. The zero-order chi connectivity index (χ0) is 23.6. The maximum atomic E-state index is 6.26. The van der Waals surface area contributed by atoms with Crippen molar-refractivity contribution in [1.29, 1.82) is 0 Å². The number of aromatic nitrogens is 2. The first-order valence-corrected chi connectivity index (χ1v) is 12.9. The number of anilines is 1. The van der Waals surface area contributed by atoms with Gasteiger partial charge in [0.1, 0.15) is 12.2 Å². The second kappa shape index (κ2) is 9.93. The molecule has 4 aromatic rings. The van der Waals surface area contributed by atoms with Crippen molar-refractivity contribution in [2.45, 2.75) is 19.6 Å². The van der Waals surface area contributed by atoms with Crippen LogP contribution in [-0.4, -0.2) is 52.7 Å². The van der Waals surface area contributed by atoms with Crippen molar-refractivity contribution in [3.05, 3.63) is 94.4 Å². The van der Waals surface area contributed by atoms with Gasteiger partial charge in [-0.2, -0.15) is 0 Å². The molecule has 0 radical (unpaired) electrons. The van der Waals surface area contributed by atoms with E-state index in [1.807, 2.05) is 30.7 Å². The monoisotopic (exact) mass is 529 g/mol. The Bertz CT molecular complexity index is 1310. The molecule has 0 unspecified atom stereocenters. The van der Waals surface area contributed by atoms with E-state index < -0.39 is 0 Å². The number of hydrogen-bond donors (Lipinski definition) is 0. The standard InChI is InChI=1S/C28H28BrN5O/c29-24-5-7-25(8-6-24)34-13-11-32(12-14-34)18-22-15-23-19-33(17-21-3-1-9-30-16-21)20-35-28(23)27-26(22)4-2-10-31-27/h1-10,15-16H,11-14,17-20H2. The van der Waals surface area contributed by atoms with Crippen LogP contribution >= 0.6 is 15.9 Å². The number of piperazine rings is 1. The lowest BCUT2D eigenvalue weighted by atomic mass is 10.0. The Hall–Kier alpha value is -3.00. The molecular weight excluding hydrogens is 502 g/mol. The van der Waals surface area contributed by atoms with Crippen molar-refractivity contribution in [2.24, 2.45) is 0 Å². The Kier molecular flexibility index (Phi) is 6.37. The lowest BCUT2D eigenvalue weighted by Gasteiger charge is -2.36. The minimum Gasteiger partial charge on any atom is -0.475 e. The highest BCUT2D eigenvalue weighted by Gasteiger charge is 2.24. The summed E-state index contributed by atoms with van der Waals surface area (Å²) in [7, 11) is 0.